The van der Waals surface area contributed by atoms with E-state index in [1.807, 2.05) is 30.0 Å². The molecular weight excluding hydrogens is 307 g/mol. The fourth-order valence-corrected chi connectivity index (χ4v) is 4.06. The van der Waals surface area contributed by atoms with Crippen molar-refractivity contribution < 1.29 is 4.39 Å². The van der Waals surface area contributed by atoms with Gasteiger partial charge in [0.05, 0.1) is 11.2 Å². The largest absolute Gasteiger partial charge is 0.384 e. The van der Waals surface area contributed by atoms with Crippen LogP contribution in [-0.2, 0) is 17.9 Å². The van der Waals surface area contributed by atoms with Crippen molar-refractivity contribution >= 4 is 28.4 Å². The SMILES string of the molecule is Fc1ccc(CCNc2c3c(nc4ccccc24)CSC3)cc1. The first-order valence-corrected chi connectivity index (χ1v) is 8.93. The molecule has 1 N–H and O–H groups in total. The molecule has 0 unspecified atom stereocenters. The molecule has 23 heavy (non-hydrogen) atoms. The molecular formula is C19H17FN2S. The van der Waals surface area contributed by atoms with Crippen molar-refractivity contribution in [2.24, 2.45) is 0 Å². The number of hydrogen-bond donors (Lipinski definition) is 1. The molecule has 4 heteroatoms. The fourth-order valence-electron chi connectivity index (χ4n) is 3.01. The summed E-state index contributed by atoms with van der Waals surface area (Å²) in [7, 11) is 0. The summed E-state index contributed by atoms with van der Waals surface area (Å²) in [4.78, 5) is 4.79. The minimum Gasteiger partial charge on any atom is -0.384 e. The zero-order valence-corrected chi connectivity index (χ0v) is 13.5. The Labute approximate surface area is 139 Å². The molecule has 0 fully saturated rings. The Kier molecular flexibility index (Phi) is 3.92. The van der Waals surface area contributed by atoms with E-state index in [0.29, 0.717) is 0 Å². The van der Waals surface area contributed by atoms with Crippen LogP contribution in [0.25, 0.3) is 10.9 Å². The van der Waals surface area contributed by atoms with Gasteiger partial charge in [-0.3, -0.25) is 4.98 Å². The maximum Gasteiger partial charge on any atom is 0.123 e. The normalized spacial score (nSPS) is 13.3. The zero-order chi connectivity index (χ0) is 15.6. The van der Waals surface area contributed by atoms with E-state index < -0.39 is 0 Å². The molecule has 1 aromatic heterocycles. The smallest absolute Gasteiger partial charge is 0.123 e. The summed E-state index contributed by atoms with van der Waals surface area (Å²) < 4.78 is 13.0. The number of nitrogens with one attached hydrogen (secondary N) is 1. The number of anilines is 1. The van der Waals surface area contributed by atoms with E-state index in [1.54, 1.807) is 0 Å². The lowest BCUT2D eigenvalue weighted by atomic mass is 10.1. The topological polar surface area (TPSA) is 24.9 Å². The number of nitrogens with zero attached hydrogens (tertiary/aromatic N) is 1. The number of benzene rings is 2. The van der Waals surface area contributed by atoms with E-state index >= 15 is 0 Å². The summed E-state index contributed by atoms with van der Waals surface area (Å²) in [5.74, 6) is 1.83. The van der Waals surface area contributed by atoms with Crippen molar-refractivity contribution in [2.45, 2.75) is 17.9 Å². The van der Waals surface area contributed by atoms with Crippen molar-refractivity contribution in [2.75, 3.05) is 11.9 Å². The molecule has 1 aliphatic rings. The lowest BCUT2D eigenvalue weighted by Crippen LogP contribution is -2.08. The Morgan fingerprint density at radius 2 is 1.87 bits per heavy atom. The molecule has 2 aromatic carbocycles. The molecule has 3 aromatic rings. The van der Waals surface area contributed by atoms with E-state index in [4.69, 9.17) is 4.98 Å². The third-order valence-corrected chi connectivity index (χ3v) is 5.16. The third kappa shape index (κ3) is 2.91. The molecule has 1 aliphatic heterocycles. The van der Waals surface area contributed by atoms with Crippen LogP contribution in [0.2, 0.25) is 0 Å². The Morgan fingerprint density at radius 1 is 1.04 bits per heavy atom. The third-order valence-electron chi connectivity index (χ3n) is 4.19. The first kappa shape index (κ1) is 14.5. The minimum atomic E-state index is -0.184. The van der Waals surface area contributed by atoms with Crippen LogP contribution < -0.4 is 5.32 Å². The van der Waals surface area contributed by atoms with E-state index in [2.05, 4.69) is 23.5 Å². The van der Waals surface area contributed by atoms with E-state index in [9.17, 15) is 4.39 Å². The van der Waals surface area contributed by atoms with Crippen molar-refractivity contribution in [3.8, 4) is 0 Å². The van der Waals surface area contributed by atoms with Crippen molar-refractivity contribution in [1.82, 2.24) is 4.98 Å². The van der Waals surface area contributed by atoms with Gasteiger partial charge in [-0.25, -0.2) is 4.39 Å². The van der Waals surface area contributed by atoms with Gasteiger partial charge in [0.2, 0.25) is 0 Å². The van der Waals surface area contributed by atoms with Crippen LogP contribution in [0.15, 0.2) is 48.5 Å². The van der Waals surface area contributed by atoms with Gasteiger partial charge >= 0.3 is 0 Å². The molecule has 0 saturated carbocycles. The van der Waals surface area contributed by atoms with Gasteiger partial charge in [0.15, 0.2) is 0 Å². The van der Waals surface area contributed by atoms with E-state index in [1.165, 1.54) is 34.5 Å². The highest BCUT2D eigenvalue weighted by Crippen LogP contribution is 2.37. The molecule has 0 bridgehead atoms. The molecule has 2 nitrogen and oxygen atoms in total. The summed E-state index contributed by atoms with van der Waals surface area (Å²) in [5, 5.41) is 4.79. The number of aromatic nitrogens is 1. The predicted octanol–water partition coefficient (Wildman–Crippen LogP) is 4.78. The summed E-state index contributed by atoms with van der Waals surface area (Å²) in [6.45, 7) is 0.830. The van der Waals surface area contributed by atoms with E-state index in [0.717, 1.165) is 35.6 Å². The van der Waals surface area contributed by atoms with Crippen LogP contribution in [0.1, 0.15) is 16.8 Å². The number of pyridine rings is 1. The van der Waals surface area contributed by atoms with Gasteiger partial charge in [-0.15, -0.1) is 0 Å². The Morgan fingerprint density at radius 3 is 2.74 bits per heavy atom. The maximum absolute atomic E-state index is 13.0. The highest BCUT2D eigenvalue weighted by atomic mass is 32.2. The lowest BCUT2D eigenvalue weighted by molar-refractivity contribution is 0.627. The predicted molar refractivity (Wildman–Crippen MR) is 95.3 cm³/mol. The highest BCUT2D eigenvalue weighted by molar-refractivity contribution is 7.98. The number of hydrogen-bond acceptors (Lipinski definition) is 3. The first-order valence-electron chi connectivity index (χ1n) is 7.78. The van der Waals surface area contributed by atoms with Crippen LogP contribution in [0.4, 0.5) is 10.1 Å². The van der Waals surface area contributed by atoms with Gasteiger partial charge in [0.1, 0.15) is 5.82 Å². The molecule has 2 heterocycles. The second-order valence-corrected chi connectivity index (χ2v) is 6.71. The Bertz CT molecular complexity index is 846. The van der Waals surface area contributed by atoms with Gasteiger partial charge in [0, 0.05) is 34.7 Å². The minimum absolute atomic E-state index is 0.184. The van der Waals surface area contributed by atoms with Crippen molar-refractivity contribution in [1.29, 1.82) is 0 Å². The number of rotatable bonds is 4. The zero-order valence-electron chi connectivity index (χ0n) is 12.7. The lowest BCUT2D eigenvalue weighted by Gasteiger charge is -2.14. The van der Waals surface area contributed by atoms with Crippen molar-refractivity contribution in [3.63, 3.8) is 0 Å². The molecule has 4 rings (SSSR count). The van der Waals surface area contributed by atoms with Gasteiger partial charge in [-0.2, -0.15) is 11.8 Å². The number of para-hydroxylation sites is 1. The number of thioether (sulfide) groups is 1. The first-order chi connectivity index (χ1) is 11.3. The van der Waals surface area contributed by atoms with Gasteiger partial charge < -0.3 is 5.32 Å². The molecule has 0 amide bonds. The average molecular weight is 324 g/mol. The molecule has 0 radical (unpaired) electrons. The highest BCUT2D eigenvalue weighted by Gasteiger charge is 2.19. The standard InChI is InChI=1S/C19H17FN2S/c20-14-7-5-13(6-8-14)9-10-21-19-15-3-1-2-4-17(15)22-18-12-23-11-16(18)19/h1-8H,9-12H2,(H,21,22). The average Bonchev–Trinajstić information content (AvgIpc) is 3.04. The fraction of sp³-hybridized carbons (Fsp3) is 0.211. The van der Waals surface area contributed by atoms with Gasteiger partial charge in [-0.1, -0.05) is 30.3 Å². The summed E-state index contributed by atoms with van der Waals surface area (Å²) >= 11 is 1.91. The summed E-state index contributed by atoms with van der Waals surface area (Å²) in [6, 6.07) is 15.0. The second kappa shape index (κ2) is 6.20. The number of fused-ring (bicyclic) bond motifs is 2. The summed E-state index contributed by atoms with van der Waals surface area (Å²) in [6.07, 6.45) is 0.874. The monoisotopic (exact) mass is 324 g/mol. The van der Waals surface area contributed by atoms with Crippen LogP contribution >= 0.6 is 11.8 Å². The Hall–Kier alpha value is -2.07. The molecule has 0 saturated heterocycles. The van der Waals surface area contributed by atoms with Gasteiger partial charge in [-0.05, 0) is 30.2 Å². The Balaban J connectivity index is 1.59. The van der Waals surface area contributed by atoms with Crippen LogP contribution in [0, 0.1) is 5.82 Å². The second-order valence-electron chi connectivity index (χ2n) is 5.73. The van der Waals surface area contributed by atoms with Crippen LogP contribution in [0.5, 0.6) is 0 Å². The van der Waals surface area contributed by atoms with Crippen LogP contribution in [0.3, 0.4) is 0 Å². The summed E-state index contributed by atoms with van der Waals surface area (Å²) in [5.41, 5.74) is 5.96. The maximum atomic E-state index is 13.0. The van der Waals surface area contributed by atoms with E-state index in [-0.39, 0.29) is 5.82 Å². The van der Waals surface area contributed by atoms with Gasteiger partial charge in [0.25, 0.3) is 0 Å². The molecule has 0 atom stereocenters. The van der Waals surface area contributed by atoms with Crippen molar-refractivity contribution in [3.05, 3.63) is 71.2 Å². The number of halogens is 1. The molecule has 0 aliphatic carbocycles. The quantitative estimate of drug-likeness (QED) is 0.748. The van der Waals surface area contributed by atoms with Crippen LogP contribution in [-0.4, -0.2) is 11.5 Å². The molecule has 0 spiro atoms. The molecule has 116 valence electrons.